The molecule has 1 rings (SSSR count). The van der Waals surface area contributed by atoms with Crippen LogP contribution in [0, 0.1) is 5.82 Å². The first-order valence-electron chi connectivity index (χ1n) is 4.85. The van der Waals surface area contributed by atoms with Crippen LogP contribution in [0.4, 0.5) is 13.2 Å². The topological polar surface area (TPSA) is 65.2 Å². The summed E-state index contributed by atoms with van der Waals surface area (Å²) in [7, 11) is 0. The molecule has 0 atom stereocenters. The van der Waals surface area contributed by atoms with Gasteiger partial charge in [-0.15, -0.1) is 0 Å². The lowest BCUT2D eigenvalue weighted by atomic mass is 10.1. The molecule has 0 bridgehead atoms. The van der Waals surface area contributed by atoms with E-state index >= 15 is 0 Å². The van der Waals surface area contributed by atoms with E-state index in [2.05, 4.69) is 9.72 Å². The second-order valence-corrected chi connectivity index (χ2v) is 3.07. The lowest BCUT2D eigenvalue weighted by molar-refractivity contribution is 0.0511. The van der Waals surface area contributed by atoms with Crippen molar-refractivity contribution in [2.45, 2.75) is 19.9 Å². The molecule has 0 radical (unpaired) electrons. The number of nitrogens with zero attached hydrogens (tertiary/aromatic N) is 1. The molecular formula is C10H11F3N2O2. The van der Waals surface area contributed by atoms with Crippen molar-refractivity contribution in [2.24, 2.45) is 5.73 Å². The molecule has 2 N–H and O–H groups in total. The first-order chi connectivity index (χ1) is 8.02. The Bertz CT molecular complexity index is 424. The smallest absolute Gasteiger partial charge is 0.340 e. The Hall–Kier alpha value is -1.63. The van der Waals surface area contributed by atoms with E-state index in [0.717, 1.165) is 0 Å². The highest BCUT2D eigenvalue weighted by Crippen LogP contribution is 2.25. The first-order valence-corrected chi connectivity index (χ1v) is 4.85. The van der Waals surface area contributed by atoms with Gasteiger partial charge in [0, 0.05) is 12.1 Å². The summed E-state index contributed by atoms with van der Waals surface area (Å²) in [5.74, 6) is -1.95. The minimum absolute atomic E-state index is 0.0119. The van der Waals surface area contributed by atoms with Crippen LogP contribution >= 0.6 is 0 Å². The average molecular weight is 248 g/mol. The van der Waals surface area contributed by atoms with Crippen molar-refractivity contribution >= 4 is 5.97 Å². The Morgan fingerprint density at radius 2 is 2.24 bits per heavy atom. The Kier molecular flexibility index (Phi) is 4.45. The molecule has 1 heterocycles. The summed E-state index contributed by atoms with van der Waals surface area (Å²) in [6.07, 6.45) is -2.38. The summed E-state index contributed by atoms with van der Waals surface area (Å²) in [6.45, 7) is 1.11. The predicted octanol–water partition coefficient (Wildman–Crippen LogP) is 1.79. The zero-order valence-corrected chi connectivity index (χ0v) is 9.04. The van der Waals surface area contributed by atoms with Gasteiger partial charge in [0.05, 0.1) is 18.4 Å². The van der Waals surface area contributed by atoms with Crippen molar-refractivity contribution < 1.29 is 22.7 Å². The van der Waals surface area contributed by atoms with Crippen LogP contribution in [0.25, 0.3) is 0 Å². The normalized spacial score (nSPS) is 10.7. The second-order valence-electron chi connectivity index (χ2n) is 3.07. The van der Waals surface area contributed by atoms with E-state index in [-0.39, 0.29) is 18.7 Å². The molecule has 0 aromatic carbocycles. The monoisotopic (exact) mass is 248 g/mol. The second kappa shape index (κ2) is 5.62. The van der Waals surface area contributed by atoms with Gasteiger partial charge in [0.1, 0.15) is 11.5 Å². The SMILES string of the molecule is CCOC(=O)c1c(C(F)F)ncc(F)c1CN. The summed E-state index contributed by atoms with van der Waals surface area (Å²) >= 11 is 0. The van der Waals surface area contributed by atoms with E-state index in [1.165, 1.54) is 6.92 Å². The Labute approximate surface area is 95.6 Å². The lowest BCUT2D eigenvalue weighted by Crippen LogP contribution is -2.17. The molecule has 0 aliphatic rings. The van der Waals surface area contributed by atoms with Gasteiger partial charge in [0.25, 0.3) is 6.43 Å². The van der Waals surface area contributed by atoms with Gasteiger partial charge < -0.3 is 10.5 Å². The summed E-state index contributed by atoms with van der Waals surface area (Å²) < 4.78 is 43.2. The molecule has 94 valence electrons. The van der Waals surface area contributed by atoms with Crippen LogP contribution in [0.15, 0.2) is 6.20 Å². The van der Waals surface area contributed by atoms with E-state index < -0.39 is 29.5 Å². The van der Waals surface area contributed by atoms with Crippen molar-refractivity contribution in [1.29, 1.82) is 0 Å². The van der Waals surface area contributed by atoms with Crippen LogP contribution < -0.4 is 5.73 Å². The molecule has 7 heteroatoms. The van der Waals surface area contributed by atoms with E-state index in [0.29, 0.717) is 6.20 Å². The standard InChI is InChI=1S/C10H11F3N2O2/c1-2-17-10(16)7-5(3-14)6(11)4-15-8(7)9(12)13/h4,9H,2-3,14H2,1H3. The highest BCUT2D eigenvalue weighted by Gasteiger charge is 2.26. The maximum Gasteiger partial charge on any atom is 0.340 e. The fourth-order valence-electron chi connectivity index (χ4n) is 1.34. The molecule has 0 unspecified atom stereocenters. The number of esters is 1. The highest BCUT2D eigenvalue weighted by atomic mass is 19.3. The fraction of sp³-hybridized carbons (Fsp3) is 0.400. The van der Waals surface area contributed by atoms with Crippen molar-refractivity contribution in [3.05, 3.63) is 28.8 Å². The molecule has 0 aliphatic heterocycles. The molecule has 4 nitrogen and oxygen atoms in total. The quantitative estimate of drug-likeness (QED) is 0.825. The minimum atomic E-state index is -3.00. The van der Waals surface area contributed by atoms with Crippen LogP contribution in [-0.4, -0.2) is 17.6 Å². The third-order valence-corrected chi connectivity index (χ3v) is 2.05. The fourth-order valence-corrected chi connectivity index (χ4v) is 1.34. The Morgan fingerprint density at radius 1 is 1.59 bits per heavy atom. The molecule has 17 heavy (non-hydrogen) atoms. The van der Waals surface area contributed by atoms with Crippen molar-refractivity contribution in [3.8, 4) is 0 Å². The van der Waals surface area contributed by atoms with Gasteiger partial charge >= 0.3 is 5.97 Å². The number of halogens is 3. The number of hydrogen-bond donors (Lipinski definition) is 1. The van der Waals surface area contributed by atoms with Gasteiger partial charge in [-0.05, 0) is 6.92 Å². The van der Waals surface area contributed by atoms with Gasteiger partial charge in [0.2, 0.25) is 0 Å². The van der Waals surface area contributed by atoms with Crippen LogP contribution in [-0.2, 0) is 11.3 Å². The molecule has 0 aliphatic carbocycles. The Balaban J connectivity index is 3.38. The number of aromatic nitrogens is 1. The largest absolute Gasteiger partial charge is 0.462 e. The number of nitrogens with two attached hydrogens (primary N) is 1. The number of ether oxygens (including phenoxy) is 1. The van der Waals surface area contributed by atoms with Crippen molar-refractivity contribution in [3.63, 3.8) is 0 Å². The average Bonchev–Trinajstić information content (AvgIpc) is 2.28. The number of pyridine rings is 1. The third-order valence-electron chi connectivity index (χ3n) is 2.05. The molecule has 0 amide bonds. The minimum Gasteiger partial charge on any atom is -0.462 e. The van der Waals surface area contributed by atoms with Crippen LogP contribution in [0.3, 0.4) is 0 Å². The molecule has 0 saturated heterocycles. The summed E-state index contributed by atoms with van der Waals surface area (Å²) in [5, 5.41) is 0. The van der Waals surface area contributed by atoms with Crippen LogP contribution in [0.5, 0.6) is 0 Å². The van der Waals surface area contributed by atoms with Crippen LogP contribution in [0.1, 0.15) is 35.0 Å². The number of carbonyl (C=O) groups is 1. The molecule has 0 saturated carbocycles. The Morgan fingerprint density at radius 3 is 2.71 bits per heavy atom. The zero-order chi connectivity index (χ0) is 13.0. The van der Waals surface area contributed by atoms with E-state index in [4.69, 9.17) is 5.73 Å². The zero-order valence-electron chi connectivity index (χ0n) is 9.04. The highest BCUT2D eigenvalue weighted by molar-refractivity contribution is 5.92. The predicted molar refractivity (Wildman–Crippen MR) is 53.0 cm³/mol. The van der Waals surface area contributed by atoms with Gasteiger partial charge in [-0.3, -0.25) is 4.98 Å². The molecule has 1 aromatic heterocycles. The maximum absolute atomic E-state index is 13.3. The van der Waals surface area contributed by atoms with Gasteiger partial charge in [-0.1, -0.05) is 0 Å². The number of hydrogen-bond acceptors (Lipinski definition) is 4. The summed E-state index contributed by atoms with van der Waals surface area (Å²) in [6, 6.07) is 0. The number of rotatable bonds is 4. The third kappa shape index (κ3) is 2.73. The number of alkyl halides is 2. The molecule has 0 spiro atoms. The maximum atomic E-state index is 13.3. The lowest BCUT2D eigenvalue weighted by Gasteiger charge is -2.12. The van der Waals surface area contributed by atoms with Gasteiger partial charge in [-0.25, -0.2) is 18.0 Å². The van der Waals surface area contributed by atoms with Crippen molar-refractivity contribution in [2.75, 3.05) is 6.61 Å². The van der Waals surface area contributed by atoms with E-state index in [1.807, 2.05) is 0 Å². The van der Waals surface area contributed by atoms with E-state index in [1.54, 1.807) is 0 Å². The summed E-state index contributed by atoms with van der Waals surface area (Å²) in [5.41, 5.74) is 3.53. The van der Waals surface area contributed by atoms with Gasteiger partial charge in [-0.2, -0.15) is 0 Å². The van der Waals surface area contributed by atoms with E-state index in [9.17, 15) is 18.0 Å². The molecular weight excluding hydrogens is 237 g/mol. The van der Waals surface area contributed by atoms with Gasteiger partial charge in [0.15, 0.2) is 0 Å². The van der Waals surface area contributed by atoms with Crippen molar-refractivity contribution in [1.82, 2.24) is 4.98 Å². The molecule has 0 fully saturated rings. The van der Waals surface area contributed by atoms with Crippen LogP contribution in [0.2, 0.25) is 0 Å². The summed E-state index contributed by atoms with van der Waals surface area (Å²) in [4.78, 5) is 14.7. The number of carbonyl (C=O) groups excluding carboxylic acids is 1. The molecule has 1 aromatic rings. The first kappa shape index (κ1) is 13.4.